The lowest BCUT2D eigenvalue weighted by Crippen LogP contribution is -2.22. The Morgan fingerprint density at radius 1 is 1.29 bits per heavy atom. The van der Waals surface area contributed by atoms with Gasteiger partial charge >= 0.3 is 0 Å². The maximum atomic E-state index is 12.4. The molecule has 2 atom stereocenters. The number of aromatic nitrogens is 3. The summed E-state index contributed by atoms with van der Waals surface area (Å²) >= 11 is 2.63. The Morgan fingerprint density at radius 2 is 2.07 bits per heavy atom. The molecule has 3 aromatic rings. The minimum absolute atomic E-state index is 0.176. The topological polar surface area (TPSA) is 99.4 Å². The van der Waals surface area contributed by atoms with E-state index in [2.05, 4.69) is 20.5 Å². The van der Waals surface area contributed by atoms with Crippen molar-refractivity contribution in [1.82, 2.24) is 15.2 Å². The van der Waals surface area contributed by atoms with Crippen LogP contribution in [0.1, 0.15) is 29.5 Å². The number of hydrogen-bond acceptors (Lipinski definition) is 9. The van der Waals surface area contributed by atoms with E-state index in [0.717, 1.165) is 10.6 Å². The van der Waals surface area contributed by atoms with Crippen LogP contribution >= 0.6 is 23.1 Å². The SMILES string of the molecule is Cc1nc(NC(=O)[C@@H](C)Sc2nnc([C@@H]3COc4ccccc4O3)o2)sc1C. The van der Waals surface area contributed by atoms with E-state index in [-0.39, 0.29) is 12.5 Å². The van der Waals surface area contributed by atoms with E-state index in [9.17, 15) is 4.79 Å². The minimum Gasteiger partial charge on any atom is -0.485 e. The molecule has 4 rings (SSSR count). The van der Waals surface area contributed by atoms with Gasteiger partial charge in [0.05, 0.1) is 10.9 Å². The van der Waals surface area contributed by atoms with Crippen LogP contribution in [0, 0.1) is 13.8 Å². The highest BCUT2D eigenvalue weighted by Gasteiger charge is 2.28. The van der Waals surface area contributed by atoms with Gasteiger partial charge in [-0.05, 0) is 32.9 Å². The lowest BCUT2D eigenvalue weighted by atomic mass is 10.2. The summed E-state index contributed by atoms with van der Waals surface area (Å²) in [6.45, 7) is 5.93. The smallest absolute Gasteiger partial charge is 0.277 e. The van der Waals surface area contributed by atoms with E-state index in [0.29, 0.717) is 27.7 Å². The maximum absolute atomic E-state index is 12.4. The second-order valence-corrected chi connectivity index (χ2v) is 8.68. The highest BCUT2D eigenvalue weighted by atomic mass is 32.2. The van der Waals surface area contributed by atoms with Crippen LogP contribution in [0.25, 0.3) is 0 Å². The van der Waals surface area contributed by atoms with E-state index in [1.807, 2.05) is 38.1 Å². The van der Waals surface area contributed by atoms with Gasteiger partial charge in [0.2, 0.25) is 12.0 Å². The highest BCUT2D eigenvalue weighted by Crippen LogP contribution is 2.36. The van der Waals surface area contributed by atoms with Crippen molar-refractivity contribution in [1.29, 1.82) is 0 Å². The zero-order valence-electron chi connectivity index (χ0n) is 15.5. The van der Waals surface area contributed by atoms with Crippen LogP contribution in [0.5, 0.6) is 11.5 Å². The van der Waals surface area contributed by atoms with Crippen LogP contribution in [0.4, 0.5) is 5.13 Å². The number of benzene rings is 1. The van der Waals surface area contributed by atoms with Crippen molar-refractivity contribution in [3.05, 3.63) is 40.7 Å². The summed E-state index contributed by atoms with van der Waals surface area (Å²) in [6.07, 6.45) is -0.484. The molecule has 10 heteroatoms. The Labute approximate surface area is 169 Å². The van der Waals surface area contributed by atoms with E-state index in [1.165, 1.54) is 23.1 Å². The number of fused-ring (bicyclic) bond motifs is 1. The molecule has 1 aromatic carbocycles. The molecule has 1 N–H and O–H groups in total. The highest BCUT2D eigenvalue weighted by molar-refractivity contribution is 8.00. The fraction of sp³-hybridized carbons (Fsp3) is 0.333. The Balaban J connectivity index is 1.37. The van der Waals surface area contributed by atoms with Gasteiger partial charge < -0.3 is 19.2 Å². The number of hydrogen-bond donors (Lipinski definition) is 1. The number of nitrogens with zero attached hydrogens (tertiary/aromatic N) is 3. The molecule has 1 amide bonds. The summed E-state index contributed by atoms with van der Waals surface area (Å²) < 4.78 is 17.2. The molecule has 0 radical (unpaired) electrons. The third-order valence-corrected chi connectivity index (χ3v) is 6.03. The normalized spacial score (nSPS) is 16.6. The van der Waals surface area contributed by atoms with Gasteiger partial charge in [0.15, 0.2) is 16.6 Å². The van der Waals surface area contributed by atoms with Gasteiger partial charge in [-0.3, -0.25) is 4.79 Å². The molecule has 2 aromatic heterocycles. The molecule has 0 unspecified atom stereocenters. The molecular formula is C18H18N4O4S2. The lowest BCUT2D eigenvalue weighted by Gasteiger charge is -2.23. The first-order valence-electron chi connectivity index (χ1n) is 8.63. The number of rotatable bonds is 5. The van der Waals surface area contributed by atoms with Crippen LogP contribution in [0.2, 0.25) is 0 Å². The first kappa shape index (κ1) is 18.8. The van der Waals surface area contributed by atoms with Gasteiger partial charge in [-0.15, -0.1) is 21.5 Å². The fourth-order valence-electron chi connectivity index (χ4n) is 2.48. The summed E-state index contributed by atoms with van der Waals surface area (Å²) in [5.41, 5.74) is 0.915. The third-order valence-electron chi connectivity index (χ3n) is 4.11. The van der Waals surface area contributed by atoms with Crippen LogP contribution in [0.15, 0.2) is 33.9 Å². The summed E-state index contributed by atoms with van der Waals surface area (Å²) in [7, 11) is 0. The van der Waals surface area contributed by atoms with E-state index in [1.54, 1.807) is 6.92 Å². The molecule has 0 fully saturated rings. The van der Waals surface area contributed by atoms with Crippen LogP contribution in [-0.4, -0.2) is 32.9 Å². The molecule has 8 nitrogen and oxygen atoms in total. The number of carbonyl (C=O) groups is 1. The molecule has 146 valence electrons. The second kappa shape index (κ2) is 7.80. The molecular weight excluding hydrogens is 400 g/mol. The standard InChI is InChI=1S/C18H18N4O4S2/c1-9-10(2)27-17(19-9)20-15(23)11(3)28-18-22-21-16(26-18)14-8-24-12-6-4-5-7-13(12)25-14/h4-7,11,14H,8H2,1-3H3,(H,19,20,23)/t11-,14+/m1/s1. The Bertz CT molecular complexity index is 984. The Hall–Kier alpha value is -2.59. The first-order valence-corrected chi connectivity index (χ1v) is 10.3. The molecule has 1 aliphatic rings. The van der Waals surface area contributed by atoms with Crippen molar-refractivity contribution in [2.75, 3.05) is 11.9 Å². The molecule has 28 heavy (non-hydrogen) atoms. The van der Waals surface area contributed by atoms with Gasteiger partial charge in [-0.25, -0.2) is 4.98 Å². The van der Waals surface area contributed by atoms with E-state index in [4.69, 9.17) is 13.9 Å². The van der Waals surface area contributed by atoms with Gasteiger partial charge in [0.1, 0.15) is 6.61 Å². The fourth-order valence-corrected chi connectivity index (χ4v) is 3.98. The van der Waals surface area contributed by atoms with Gasteiger partial charge in [-0.1, -0.05) is 23.9 Å². The van der Waals surface area contributed by atoms with Crippen molar-refractivity contribution in [2.24, 2.45) is 0 Å². The predicted molar refractivity (Wildman–Crippen MR) is 105 cm³/mol. The first-order chi connectivity index (χ1) is 13.5. The summed E-state index contributed by atoms with van der Waals surface area (Å²) in [4.78, 5) is 17.8. The monoisotopic (exact) mass is 418 g/mol. The number of thioether (sulfide) groups is 1. The van der Waals surface area contributed by atoms with E-state index >= 15 is 0 Å². The van der Waals surface area contributed by atoms with Gasteiger partial charge in [-0.2, -0.15) is 0 Å². The summed E-state index contributed by atoms with van der Waals surface area (Å²) in [6, 6.07) is 7.41. The van der Waals surface area contributed by atoms with Gasteiger partial charge in [0, 0.05) is 4.88 Å². The Kier molecular flexibility index (Phi) is 5.23. The van der Waals surface area contributed by atoms with Crippen molar-refractivity contribution >= 4 is 34.1 Å². The molecule has 0 saturated heterocycles. The third kappa shape index (κ3) is 3.97. The number of para-hydroxylation sites is 2. The van der Waals surface area contributed by atoms with Crippen molar-refractivity contribution in [3.8, 4) is 11.5 Å². The zero-order chi connectivity index (χ0) is 19.7. The second-order valence-electron chi connectivity index (χ2n) is 6.18. The largest absolute Gasteiger partial charge is 0.485 e. The van der Waals surface area contributed by atoms with Crippen LogP contribution < -0.4 is 14.8 Å². The van der Waals surface area contributed by atoms with Crippen molar-refractivity contribution < 1.29 is 18.7 Å². The number of anilines is 1. The van der Waals surface area contributed by atoms with Crippen LogP contribution in [0.3, 0.4) is 0 Å². The quantitative estimate of drug-likeness (QED) is 0.625. The number of ether oxygens (including phenoxy) is 2. The maximum Gasteiger partial charge on any atom is 0.277 e. The van der Waals surface area contributed by atoms with E-state index < -0.39 is 11.4 Å². The lowest BCUT2D eigenvalue weighted by molar-refractivity contribution is -0.115. The average molecular weight is 419 g/mol. The average Bonchev–Trinajstić information content (AvgIpc) is 3.27. The minimum atomic E-state index is -0.484. The molecule has 0 bridgehead atoms. The molecule has 1 aliphatic heterocycles. The molecule has 0 aliphatic carbocycles. The molecule has 3 heterocycles. The number of aryl methyl sites for hydroxylation is 2. The van der Waals surface area contributed by atoms with Crippen molar-refractivity contribution in [2.45, 2.75) is 37.3 Å². The summed E-state index contributed by atoms with van der Waals surface area (Å²) in [5, 5.41) is 11.3. The van der Waals surface area contributed by atoms with Crippen molar-refractivity contribution in [3.63, 3.8) is 0 Å². The molecule has 0 spiro atoms. The van der Waals surface area contributed by atoms with Gasteiger partial charge in [0.25, 0.3) is 11.1 Å². The number of carbonyl (C=O) groups excluding carboxylic acids is 1. The number of thiazole rings is 1. The number of nitrogens with one attached hydrogen (secondary N) is 1. The Morgan fingerprint density at radius 3 is 2.82 bits per heavy atom. The van der Waals surface area contributed by atoms with Crippen LogP contribution in [-0.2, 0) is 4.79 Å². The summed E-state index contributed by atoms with van der Waals surface area (Å²) in [5.74, 6) is 1.46. The predicted octanol–water partition coefficient (Wildman–Crippen LogP) is 3.77. The number of amides is 1. The molecule has 0 saturated carbocycles. The zero-order valence-corrected chi connectivity index (χ0v) is 17.1.